The van der Waals surface area contributed by atoms with Crippen molar-refractivity contribution in [2.75, 3.05) is 20.8 Å². The predicted octanol–water partition coefficient (Wildman–Crippen LogP) is 3.20. The van der Waals surface area contributed by atoms with E-state index in [1.165, 1.54) is 5.56 Å². The van der Waals surface area contributed by atoms with Crippen LogP contribution < -0.4 is 14.8 Å². The van der Waals surface area contributed by atoms with Gasteiger partial charge in [-0.25, -0.2) is 0 Å². The van der Waals surface area contributed by atoms with Crippen LogP contribution in [-0.4, -0.2) is 26.8 Å². The lowest BCUT2D eigenvalue weighted by Gasteiger charge is -2.19. The third-order valence-electron chi connectivity index (χ3n) is 3.24. The first-order chi connectivity index (χ1) is 8.62. The molecule has 3 heteroatoms. The standard InChI is InChI=1S/C15H25NO2/c1-6-16-12(3)9-11(2)13-7-8-14(17-4)15(10-13)18-5/h7-8,10-12,16H,6,9H2,1-5H3. The van der Waals surface area contributed by atoms with Crippen LogP contribution >= 0.6 is 0 Å². The molecule has 0 bridgehead atoms. The molecule has 0 heterocycles. The second-order valence-corrected chi connectivity index (χ2v) is 4.71. The molecule has 0 saturated heterocycles. The lowest BCUT2D eigenvalue weighted by Crippen LogP contribution is -2.26. The maximum atomic E-state index is 5.34. The van der Waals surface area contributed by atoms with Crippen molar-refractivity contribution in [2.24, 2.45) is 0 Å². The van der Waals surface area contributed by atoms with Gasteiger partial charge in [-0.15, -0.1) is 0 Å². The van der Waals surface area contributed by atoms with E-state index in [0.29, 0.717) is 12.0 Å². The third kappa shape index (κ3) is 3.91. The van der Waals surface area contributed by atoms with Gasteiger partial charge in [0.15, 0.2) is 11.5 Å². The number of hydrogen-bond donors (Lipinski definition) is 1. The van der Waals surface area contributed by atoms with Gasteiger partial charge in [-0.3, -0.25) is 0 Å². The van der Waals surface area contributed by atoms with Crippen molar-refractivity contribution >= 4 is 0 Å². The molecule has 102 valence electrons. The Kier molecular flexibility index (Phi) is 5.99. The molecule has 0 aliphatic carbocycles. The molecule has 0 fully saturated rings. The second kappa shape index (κ2) is 7.27. The average Bonchev–Trinajstić information content (AvgIpc) is 2.38. The van der Waals surface area contributed by atoms with Crippen molar-refractivity contribution in [3.05, 3.63) is 23.8 Å². The molecular weight excluding hydrogens is 226 g/mol. The highest BCUT2D eigenvalue weighted by atomic mass is 16.5. The Hall–Kier alpha value is -1.22. The molecule has 18 heavy (non-hydrogen) atoms. The molecule has 0 radical (unpaired) electrons. The van der Waals surface area contributed by atoms with Crippen LogP contribution in [0.5, 0.6) is 11.5 Å². The third-order valence-corrected chi connectivity index (χ3v) is 3.24. The summed E-state index contributed by atoms with van der Waals surface area (Å²) in [7, 11) is 3.34. The van der Waals surface area contributed by atoms with Gasteiger partial charge in [0.1, 0.15) is 0 Å². The lowest BCUT2D eigenvalue weighted by molar-refractivity contribution is 0.354. The fourth-order valence-corrected chi connectivity index (χ4v) is 2.26. The Labute approximate surface area is 110 Å². The zero-order valence-corrected chi connectivity index (χ0v) is 12.1. The number of ether oxygens (including phenoxy) is 2. The monoisotopic (exact) mass is 251 g/mol. The number of nitrogens with one attached hydrogen (secondary N) is 1. The van der Waals surface area contributed by atoms with Gasteiger partial charge in [-0.05, 0) is 43.5 Å². The van der Waals surface area contributed by atoms with Gasteiger partial charge in [-0.2, -0.15) is 0 Å². The summed E-state index contributed by atoms with van der Waals surface area (Å²) in [6.07, 6.45) is 1.11. The molecule has 0 aliphatic heterocycles. The minimum absolute atomic E-state index is 0.499. The summed E-state index contributed by atoms with van der Waals surface area (Å²) in [4.78, 5) is 0. The van der Waals surface area contributed by atoms with Gasteiger partial charge in [0, 0.05) is 6.04 Å². The van der Waals surface area contributed by atoms with Gasteiger partial charge >= 0.3 is 0 Å². The zero-order chi connectivity index (χ0) is 13.5. The van der Waals surface area contributed by atoms with E-state index in [1.807, 2.05) is 6.07 Å². The van der Waals surface area contributed by atoms with Crippen LogP contribution in [0.4, 0.5) is 0 Å². The molecule has 3 nitrogen and oxygen atoms in total. The van der Waals surface area contributed by atoms with E-state index >= 15 is 0 Å². The fourth-order valence-electron chi connectivity index (χ4n) is 2.26. The molecule has 2 unspecified atom stereocenters. The van der Waals surface area contributed by atoms with E-state index < -0.39 is 0 Å². The van der Waals surface area contributed by atoms with Crippen molar-refractivity contribution in [3.8, 4) is 11.5 Å². The van der Waals surface area contributed by atoms with Gasteiger partial charge in [-0.1, -0.05) is 19.9 Å². The molecular formula is C15H25NO2. The minimum Gasteiger partial charge on any atom is -0.493 e. The van der Waals surface area contributed by atoms with Crippen molar-refractivity contribution in [3.63, 3.8) is 0 Å². The highest BCUT2D eigenvalue weighted by Gasteiger charge is 2.12. The van der Waals surface area contributed by atoms with E-state index in [1.54, 1.807) is 14.2 Å². The van der Waals surface area contributed by atoms with E-state index in [0.717, 1.165) is 24.5 Å². The molecule has 0 amide bonds. The summed E-state index contributed by atoms with van der Waals surface area (Å²) in [5, 5.41) is 3.44. The highest BCUT2D eigenvalue weighted by Crippen LogP contribution is 2.31. The SMILES string of the molecule is CCNC(C)CC(C)c1ccc(OC)c(OC)c1. The fraction of sp³-hybridized carbons (Fsp3) is 0.600. The van der Waals surface area contributed by atoms with Gasteiger partial charge < -0.3 is 14.8 Å². The van der Waals surface area contributed by atoms with Crippen LogP contribution in [0.15, 0.2) is 18.2 Å². The van der Waals surface area contributed by atoms with Crippen LogP contribution in [-0.2, 0) is 0 Å². The number of benzene rings is 1. The maximum Gasteiger partial charge on any atom is 0.160 e. The van der Waals surface area contributed by atoms with Crippen molar-refractivity contribution in [2.45, 2.75) is 39.2 Å². The first kappa shape index (κ1) is 14.8. The summed E-state index contributed by atoms with van der Waals surface area (Å²) >= 11 is 0. The minimum atomic E-state index is 0.499. The smallest absolute Gasteiger partial charge is 0.160 e. The lowest BCUT2D eigenvalue weighted by atomic mass is 9.94. The Balaban J connectivity index is 2.76. The van der Waals surface area contributed by atoms with Gasteiger partial charge in [0.25, 0.3) is 0 Å². The summed E-state index contributed by atoms with van der Waals surface area (Å²) in [6, 6.07) is 6.69. The van der Waals surface area contributed by atoms with E-state index in [4.69, 9.17) is 9.47 Å². The van der Waals surface area contributed by atoms with Crippen LogP contribution in [0.2, 0.25) is 0 Å². The Morgan fingerprint density at radius 1 is 1.11 bits per heavy atom. The summed E-state index contributed by atoms with van der Waals surface area (Å²) in [5.41, 5.74) is 1.29. The van der Waals surface area contributed by atoms with E-state index in [2.05, 4.69) is 38.2 Å². The normalized spacial score (nSPS) is 14.1. The van der Waals surface area contributed by atoms with Crippen LogP contribution in [0.1, 0.15) is 38.7 Å². The van der Waals surface area contributed by atoms with E-state index in [9.17, 15) is 0 Å². The second-order valence-electron chi connectivity index (χ2n) is 4.71. The van der Waals surface area contributed by atoms with Crippen LogP contribution in [0, 0.1) is 0 Å². The van der Waals surface area contributed by atoms with Crippen molar-refractivity contribution in [1.29, 1.82) is 0 Å². The van der Waals surface area contributed by atoms with Gasteiger partial charge in [0.05, 0.1) is 14.2 Å². The van der Waals surface area contributed by atoms with Crippen LogP contribution in [0.25, 0.3) is 0 Å². The summed E-state index contributed by atoms with van der Waals surface area (Å²) in [6.45, 7) is 7.62. The Bertz CT molecular complexity index is 366. The molecule has 1 aromatic rings. The Morgan fingerprint density at radius 3 is 2.33 bits per heavy atom. The first-order valence-electron chi connectivity index (χ1n) is 6.57. The van der Waals surface area contributed by atoms with Gasteiger partial charge in [0.2, 0.25) is 0 Å². The molecule has 0 saturated carbocycles. The summed E-state index contributed by atoms with van der Waals surface area (Å²) in [5.74, 6) is 2.09. The average molecular weight is 251 g/mol. The number of hydrogen-bond acceptors (Lipinski definition) is 3. The molecule has 1 N–H and O–H groups in total. The molecule has 0 spiro atoms. The maximum absolute atomic E-state index is 5.34. The van der Waals surface area contributed by atoms with E-state index in [-0.39, 0.29) is 0 Å². The summed E-state index contributed by atoms with van der Waals surface area (Å²) < 4.78 is 10.6. The number of methoxy groups -OCH3 is 2. The largest absolute Gasteiger partial charge is 0.493 e. The molecule has 0 aliphatic rings. The first-order valence-corrected chi connectivity index (χ1v) is 6.57. The highest BCUT2D eigenvalue weighted by molar-refractivity contribution is 5.43. The zero-order valence-electron chi connectivity index (χ0n) is 12.1. The molecule has 0 aromatic heterocycles. The molecule has 1 rings (SSSR count). The number of rotatable bonds is 7. The Morgan fingerprint density at radius 2 is 1.78 bits per heavy atom. The molecule has 2 atom stereocenters. The quantitative estimate of drug-likeness (QED) is 0.807. The predicted molar refractivity (Wildman–Crippen MR) is 75.7 cm³/mol. The van der Waals surface area contributed by atoms with Crippen molar-refractivity contribution in [1.82, 2.24) is 5.32 Å². The van der Waals surface area contributed by atoms with Crippen LogP contribution in [0.3, 0.4) is 0 Å². The topological polar surface area (TPSA) is 30.5 Å². The van der Waals surface area contributed by atoms with Crippen molar-refractivity contribution < 1.29 is 9.47 Å². The molecule has 1 aromatic carbocycles.